The summed E-state index contributed by atoms with van der Waals surface area (Å²) in [4.78, 5) is 27.9. The topological polar surface area (TPSA) is 66.7 Å². The third kappa shape index (κ3) is 5.66. The maximum absolute atomic E-state index is 13.1. The van der Waals surface area contributed by atoms with Gasteiger partial charge in [0, 0.05) is 49.9 Å². The molecular weight excluding hydrogens is 378 g/mol. The van der Waals surface area contributed by atoms with E-state index in [1.54, 1.807) is 12.1 Å². The van der Waals surface area contributed by atoms with Gasteiger partial charge in [0.05, 0.1) is 4.92 Å². The molecule has 0 aromatic heterocycles. The third-order valence-corrected chi connectivity index (χ3v) is 5.64. The molecule has 1 amide bonds. The molecule has 1 aliphatic rings. The molecule has 160 valence electrons. The average molecular weight is 410 g/mol. The largest absolute Gasteiger partial charge is 0.309 e. The molecule has 2 aromatic carbocycles. The normalized spacial score (nSPS) is 15.3. The number of nitro benzene ring substituents is 1. The lowest BCUT2D eigenvalue weighted by molar-refractivity contribution is -0.384. The second-order valence-corrected chi connectivity index (χ2v) is 8.63. The average Bonchev–Trinajstić information content (AvgIpc) is 2.71. The van der Waals surface area contributed by atoms with Crippen LogP contribution >= 0.6 is 0 Å². The maximum atomic E-state index is 13.1. The lowest BCUT2D eigenvalue weighted by Gasteiger charge is -2.39. The second kappa shape index (κ2) is 9.85. The Morgan fingerprint density at radius 1 is 1.10 bits per heavy atom. The number of piperidine rings is 1. The second-order valence-electron chi connectivity index (χ2n) is 8.63. The van der Waals surface area contributed by atoms with Crippen molar-refractivity contribution in [1.82, 2.24) is 4.90 Å². The lowest BCUT2D eigenvalue weighted by atomic mass is 9.99. The smallest absolute Gasteiger partial charge is 0.269 e. The van der Waals surface area contributed by atoms with E-state index in [0.717, 1.165) is 43.7 Å². The molecule has 3 rings (SSSR count). The number of nitro groups is 1. The summed E-state index contributed by atoms with van der Waals surface area (Å²) < 4.78 is 0. The molecule has 30 heavy (non-hydrogen) atoms. The molecule has 1 aliphatic heterocycles. The van der Waals surface area contributed by atoms with Gasteiger partial charge in [-0.2, -0.15) is 0 Å². The van der Waals surface area contributed by atoms with Crippen molar-refractivity contribution in [2.45, 2.75) is 52.6 Å². The van der Waals surface area contributed by atoms with Gasteiger partial charge >= 0.3 is 0 Å². The molecule has 1 saturated heterocycles. The van der Waals surface area contributed by atoms with Crippen LogP contribution in [0.3, 0.4) is 0 Å². The monoisotopic (exact) mass is 409 g/mol. The first-order valence-corrected chi connectivity index (χ1v) is 10.7. The first kappa shape index (κ1) is 22.0. The number of anilines is 1. The molecule has 0 spiro atoms. The van der Waals surface area contributed by atoms with E-state index in [-0.39, 0.29) is 22.6 Å². The van der Waals surface area contributed by atoms with Crippen molar-refractivity contribution < 1.29 is 9.72 Å². The predicted octanol–water partition coefficient (Wildman–Crippen LogP) is 4.95. The molecule has 0 atom stereocenters. The SMILES string of the molecule is Cc1ccc(N(C(=O)CC(C)C)C2CCN(Cc3ccc([N+](=O)[O-])cc3)CC2)cc1. The maximum Gasteiger partial charge on any atom is 0.269 e. The summed E-state index contributed by atoms with van der Waals surface area (Å²) in [5.41, 5.74) is 3.37. The fraction of sp³-hybridized carbons (Fsp3) is 0.458. The quantitative estimate of drug-likeness (QED) is 0.479. The van der Waals surface area contributed by atoms with Gasteiger partial charge in [0.15, 0.2) is 0 Å². The molecular formula is C24H31N3O3. The number of amides is 1. The Morgan fingerprint density at radius 2 is 1.70 bits per heavy atom. The Morgan fingerprint density at radius 3 is 2.23 bits per heavy atom. The van der Waals surface area contributed by atoms with Crippen LogP contribution in [0.25, 0.3) is 0 Å². The lowest BCUT2D eigenvalue weighted by Crippen LogP contribution is -2.47. The molecule has 0 N–H and O–H groups in total. The van der Waals surface area contributed by atoms with Crippen molar-refractivity contribution in [1.29, 1.82) is 0 Å². The molecule has 6 nitrogen and oxygen atoms in total. The summed E-state index contributed by atoms with van der Waals surface area (Å²) >= 11 is 0. The van der Waals surface area contributed by atoms with E-state index < -0.39 is 0 Å². The molecule has 0 aliphatic carbocycles. The van der Waals surface area contributed by atoms with Crippen molar-refractivity contribution >= 4 is 17.3 Å². The van der Waals surface area contributed by atoms with Crippen LogP contribution in [-0.2, 0) is 11.3 Å². The van der Waals surface area contributed by atoms with Crippen LogP contribution < -0.4 is 4.90 Å². The van der Waals surface area contributed by atoms with Crippen LogP contribution in [0.4, 0.5) is 11.4 Å². The van der Waals surface area contributed by atoms with Crippen LogP contribution in [0, 0.1) is 23.0 Å². The number of carbonyl (C=O) groups excluding carboxylic acids is 1. The summed E-state index contributed by atoms with van der Waals surface area (Å²) in [6.07, 6.45) is 2.40. The van der Waals surface area contributed by atoms with E-state index in [1.807, 2.05) is 17.0 Å². The number of rotatable bonds is 7. The van der Waals surface area contributed by atoms with E-state index in [1.165, 1.54) is 5.56 Å². The number of benzene rings is 2. The molecule has 0 bridgehead atoms. The number of hydrogen-bond donors (Lipinski definition) is 0. The van der Waals surface area contributed by atoms with Crippen molar-refractivity contribution in [3.63, 3.8) is 0 Å². The Bertz CT molecular complexity index is 854. The predicted molar refractivity (Wildman–Crippen MR) is 120 cm³/mol. The van der Waals surface area contributed by atoms with E-state index in [0.29, 0.717) is 12.3 Å². The highest BCUT2D eigenvalue weighted by molar-refractivity contribution is 5.94. The number of aryl methyl sites for hydroxylation is 1. The Labute approximate surface area is 178 Å². The van der Waals surface area contributed by atoms with E-state index in [9.17, 15) is 14.9 Å². The molecule has 6 heteroatoms. The Hall–Kier alpha value is -2.73. The summed E-state index contributed by atoms with van der Waals surface area (Å²) in [6.45, 7) is 8.80. The fourth-order valence-electron chi connectivity index (χ4n) is 4.03. The number of non-ortho nitro benzene ring substituents is 1. The first-order valence-electron chi connectivity index (χ1n) is 10.7. The minimum Gasteiger partial charge on any atom is -0.309 e. The zero-order valence-corrected chi connectivity index (χ0v) is 18.1. The van der Waals surface area contributed by atoms with Gasteiger partial charge in [-0.1, -0.05) is 43.7 Å². The van der Waals surface area contributed by atoms with Crippen LogP contribution in [-0.4, -0.2) is 34.9 Å². The van der Waals surface area contributed by atoms with Crippen LogP contribution in [0.5, 0.6) is 0 Å². The molecule has 0 unspecified atom stereocenters. The molecule has 2 aromatic rings. The molecule has 1 fully saturated rings. The summed E-state index contributed by atoms with van der Waals surface area (Å²) in [7, 11) is 0. The van der Waals surface area contributed by atoms with E-state index in [2.05, 4.69) is 49.9 Å². The molecule has 0 radical (unpaired) electrons. The van der Waals surface area contributed by atoms with Crippen molar-refractivity contribution in [3.8, 4) is 0 Å². The number of nitrogens with zero attached hydrogens (tertiary/aromatic N) is 3. The molecule has 0 saturated carbocycles. The standard InChI is InChI=1S/C24H31N3O3/c1-18(2)16-24(28)26(21-8-4-19(3)5-9-21)22-12-14-25(15-13-22)17-20-6-10-23(11-7-20)27(29)30/h4-11,18,22H,12-17H2,1-3H3. The number of likely N-dealkylation sites (tertiary alicyclic amines) is 1. The highest BCUT2D eigenvalue weighted by Crippen LogP contribution is 2.27. The Kier molecular flexibility index (Phi) is 7.21. The zero-order valence-electron chi connectivity index (χ0n) is 18.1. The van der Waals surface area contributed by atoms with E-state index in [4.69, 9.17) is 0 Å². The zero-order chi connectivity index (χ0) is 21.7. The minimum absolute atomic E-state index is 0.120. The van der Waals surface area contributed by atoms with Gasteiger partial charge < -0.3 is 4.90 Å². The summed E-state index contributed by atoms with van der Waals surface area (Å²) in [5.74, 6) is 0.523. The van der Waals surface area contributed by atoms with Gasteiger partial charge in [-0.05, 0) is 43.4 Å². The van der Waals surface area contributed by atoms with Gasteiger partial charge in [0.1, 0.15) is 0 Å². The highest BCUT2D eigenvalue weighted by atomic mass is 16.6. The van der Waals surface area contributed by atoms with Crippen molar-refractivity contribution in [3.05, 3.63) is 69.8 Å². The van der Waals surface area contributed by atoms with Crippen molar-refractivity contribution in [2.75, 3.05) is 18.0 Å². The summed E-state index contributed by atoms with van der Waals surface area (Å²) in [6, 6.07) is 15.2. The van der Waals surface area contributed by atoms with E-state index >= 15 is 0 Å². The minimum atomic E-state index is -0.372. The summed E-state index contributed by atoms with van der Waals surface area (Å²) in [5, 5.41) is 10.8. The van der Waals surface area contributed by atoms with Crippen LogP contribution in [0.15, 0.2) is 48.5 Å². The van der Waals surface area contributed by atoms with Gasteiger partial charge in [0.25, 0.3) is 5.69 Å². The third-order valence-electron chi connectivity index (χ3n) is 5.64. The van der Waals surface area contributed by atoms with Crippen LogP contribution in [0.2, 0.25) is 0 Å². The number of hydrogen-bond acceptors (Lipinski definition) is 4. The van der Waals surface area contributed by atoms with Gasteiger partial charge in [-0.15, -0.1) is 0 Å². The van der Waals surface area contributed by atoms with Gasteiger partial charge in [0.2, 0.25) is 5.91 Å². The van der Waals surface area contributed by atoms with Crippen molar-refractivity contribution in [2.24, 2.45) is 5.92 Å². The van der Waals surface area contributed by atoms with Gasteiger partial charge in [-0.25, -0.2) is 0 Å². The van der Waals surface area contributed by atoms with Crippen LogP contribution in [0.1, 0.15) is 44.2 Å². The fourth-order valence-corrected chi connectivity index (χ4v) is 4.03. The van der Waals surface area contributed by atoms with Gasteiger partial charge in [-0.3, -0.25) is 19.8 Å². The highest BCUT2D eigenvalue weighted by Gasteiger charge is 2.29. The molecule has 1 heterocycles. The first-order chi connectivity index (χ1) is 14.3. The number of carbonyl (C=O) groups is 1. The Balaban J connectivity index is 1.65.